The Bertz CT molecular complexity index is 666. The van der Waals surface area contributed by atoms with Crippen molar-refractivity contribution >= 4 is 28.3 Å². The first-order chi connectivity index (χ1) is 9.51. The van der Waals surface area contributed by atoms with Crippen LogP contribution in [0.5, 0.6) is 0 Å². The molecule has 4 N–H and O–H groups in total. The summed E-state index contributed by atoms with van der Waals surface area (Å²) in [6, 6.07) is 4.76. The molecule has 7 heteroatoms. The van der Waals surface area contributed by atoms with E-state index in [0.29, 0.717) is 21.8 Å². The van der Waals surface area contributed by atoms with Crippen LogP contribution in [0.2, 0.25) is 0 Å². The number of aryl methyl sites for hydroxylation is 2. The molecule has 1 aromatic carbocycles. The molecule has 0 bridgehead atoms. The van der Waals surface area contributed by atoms with Crippen molar-refractivity contribution in [2.24, 2.45) is 5.84 Å². The van der Waals surface area contributed by atoms with Crippen LogP contribution in [0, 0.1) is 13.8 Å². The first kappa shape index (κ1) is 14.2. The van der Waals surface area contributed by atoms with Crippen molar-refractivity contribution in [3.8, 4) is 0 Å². The van der Waals surface area contributed by atoms with E-state index in [2.05, 4.69) is 15.7 Å². The number of thiazole rings is 1. The summed E-state index contributed by atoms with van der Waals surface area (Å²) in [7, 11) is 0. The third kappa shape index (κ3) is 3.01. The number of hydrazine groups is 1. The summed E-state index contributed by atoms with van der Waals surface area (Å²) < 4.78 is 0. The van der Waals surface area contributed by atoms with Gasteiger partial charge in [-0.2, -0.15) is 0 Å². The van der Waals surface area contributed by atoms with E-state index < -0.39 is 5.91 Å². The fourth-order valence-electron chi connectivity index (χ4n) is 1.72. The molecule has 6 nitrogen and oxygen atoms in total. The second kappa shape index (κ2) is 5.81. The zero-order chi connectivity index (χ0) is 14.7. The predicted octanol–water partition coefficient (Wildman–Crippen LogP) is 1.62. The van der Waals surface area contributed by atoms with Gasteiger partial charge in [-0.3, -0.25) is 20.3 Å². The Kier molecular flexibility index (Phi) is 4.11. The van der Waals surface area contributed by atoms with E-state index in [-0.39, 0.29) is 5.91 Å². The summed E-state index contributed by atoms with van der Waals surface area (Å²) in [4.78, 5) is 28.6. The van der Waals surface area contributed by atoms with Crippen LogP contribution in [0.15, 0.2) is 24.4 Å². The summed E-state index contributed by atoms with van der Waals surface area (Å²) in [5.74, 6) is 4.42. The molecular formula is C13H14N4O2S. The van der Waals surface area contributed by atoms with Crippen molar-refractivity contribution in [1.29, 1.82) is 0 Å². The number of nitrogens with two attached hydrogens (primary N) is 1. The monoisotopic (exact) mass is 290 g/mol. The molecule has 104 valence electrons. The number of amides is 2. The summed E-state index contributed by atoms with van der Waals surface area (Å²) in [6.07, 6.45) is 1.70. The van der Waals surface area contributed by atoms with Crippen LogP contribution in [-0.2, 0) is 0 Å². The largest absolute Gasteiger partial charge is 0.298 e. The van der Waals surface area contributed by atoms with E-state index in [0.717, 1.165) is 4.88 Å². The van der Waals surface area contributed by atoms with E-state index in [4.69, 9.17) is 5.84 Å². The van der Waals surface area contributed by atoms with Gasteiger partial charge in [0.1, 0.15) is 0 Å². The van der Waals surface area contributed by atoms with Gasteiger partial charge in [0.15, 0.2) is 5.13 Å². The highest BCUT2D eigenvalue weighted by atomic mass is 32.1. The lowest BCUT2D eigenvalue weighted by Gasteiger charge is -2.07. The zero-order valence-electron chi connectivity index (χ0n) is 11.1. The molecule has 0 aliphatic heterocycles. The third-order valence-electron chi connectivity index (χ3n) is 2.71. The van der Waals surface area contributed by atoms with Crippen LogP contribution in [0.1, 0.15) is 31.2 Å². The van der Waals surface area contributed by atoms with Crippen molar-refractivity contribution in [2.45, 2.75) is 13.8 Å². The standard InChI is InChI=1S/C13H14N4O2S/c1-7-5-9(11(18)17-14)3-4-10(7)12(19)16-13-15-6-8(2)20-13/h3-6H,14H2,1-2H3,(H,17,18)(H,15,16,19). The maximum Gasteiger partial charge on any atom is 0.265 e. The number of nitrogen functional groups attached to an aromatic ring is 1. The normalized spacial score (nSPS) is 10.2. The average molecular weight is 290 g/mol. The minimum Gasteiger partial charge on any atom is -0.298 e. The van der Waals surface area contributed by atoms with Gasteiger partial charge in [0, 0.05) is 22.2 Å². The number of rotatable bonds is 3. The molecule has 0 fully saturated rings. The molecule has 0 aliphatic rings. The van der Waals surface area contributed by atoms with E-state index in [1.165, 1.54) is 11.3 Å². The lowest BCUT2D eigenvalue weighted by atomic mass is 10.0. The van der Waals surface area contributed by atoms with Gasteiger partial charge in [-0.1, -0.05) is 0 Å². The maximum atomic E-state index is 12.1. The molecule has 2 amide bonds. The Hall–Kier alpha value is -2.25. The van der Waals surface area contributed by atoms with Gasteiger partial charge in [0.25, 0.3) is 11.8 Å². The first-order valence-corrected chi connectivity index (χ1v) is 6.68. The first-order valence-electron chi connectivity index (χ1n) is 5.86. The van der Waals surface area contributed by atoms with Gasteiger partial charge in [-0.25, -0.2) is 10.8 Å². The molecule has 0 unspecified atom stereocenters. The Morgan fingerprint density at radius 2 is 2.00 bits per heavy atom. The number of carbonyl (C=O) groups is 2. The molecule has 1 heterocycles. The van der Waals surface area contributed by atoms with Crippen LogP contribution in [0.3, 0.4) is 0 Å². The zero-order valence-corrected chi connectivity index (χ0v) is 11.9. The molecule has 0 radical (unpaired) electrons. The van der Waals surface area contributed by atoms with Gasteiger partial charge in [-0.15, -0.1) is 11.3 Å². The minimum atomic E-state index is -0.393. The van der Waals surface area contributed by atoms with Crippen LogP contribution < -0.4 is 16.6 Å². The number of hydrogen-bond acceptors (Lipinski definition) is 5. The molecule has 2 rings (SSSR count). The fraction of sp³-hybridized carbons (Fsp3) is 0.154. The number of carbonyl (C=O) groups excluding carboxylic acids is 2. The highest BCUT2D eigenvalue weighted by Crippen LogP contribution is 2.19. The Labute approximate surface area is 120 Å². The third-order valence-corrected chi connectivity index (χ3v) is 3.53. The van der Waals surface area contributed by atoms with Gasteiger partial charge in [-0.05, 0) is 37.6 Å². The second-order valence-corrected chi connectivity index (χ2v) is 5.47. The number of aromatic nitrogens is 1. The Morgan fingerprint density at radius 3 is 2.55 bits per heavy atom. The topological polar surface area (TPSA) is 97.1 Å². The SMILES string of the molecule is Cc1cnc(NC(=O)c2ccc(C(=O)NN)cc2C)s1. The molecule has 1 aromatic heterocycles. The predicted molar refractivity (Wildman–Crippen MR) is 77.6 cm³/mol. The molecule has 0 spiro atoms. The molecule has 0 saturated carbocycles. The number of nitrogens with one attached hydrogen (secondary N) is 2. The smallest absolute Gasteiger partial charge is 0.265 e. The summed E-state index contributed by atoms with van der Waals surface area (Å²) in [6.45, 7) is 3.67. The number of hydrogen-bond donors (Lipinski definition) is 3. The number of anilines is 1. The van der Waals surface area contributed by atoms with Crippen LogP contribution in [-0.4, -0.2) is 16.8 Å². The van der Waals surface area contributed by atoms with Crippen molar-refractivity contribution < 1.29 is 9.59 Å². The molecule has 2 aromatic rings. The van der Waals surface area contributed by atoms with Gasteiger partial charge in [0.2, 0.25) is 0 Å². The van der Waals surface area contributed by atoms with Crippen LogP contribution in [0.4, 0.5) is 5.13 Å². The van der Waals surface area contributed by atoms with Crippen molar-refractivity contribution in [3.05, 3.63) is 46.0 Å². The molecular weight excluding hydrogens is 276 g/mol. The molecule has 20 heavy (non-hydrogen) atoms. The highest BCUT2D eigenvalue weighted by Gasteiger charge is 2.13. The summed E-state index contributed by atoms with van der Waals surface area (Å²) in [5.41, 5.74) is 3.64. The van der Waals surface area contributed by atoms with Crippen molar-refractivity contribution in [3.63, 3.8) is 0 Å². The van der Waals surface area contributed by atoms with Gasteiger partial charge in [0.05, 0.1) is 0 Å². The number of nitrogens with zero attached hydrogens (tertiary/aromatic N) is 1. The van der Waals surface area contributed by atoms with Crippen molar-refractivity contribution in [1.82, 2.24) is 10.4 Å². The van der Waals surface area contributed by atoms with Crippen molar-refractivity contribution in [2.75, 3.05) is 5.32 Å². The minimum absolute atomic E-state index is 0.253. The fourth-order valence-corrected chi connectivity index (χ4v) is 2.38. The molecule has 0 aliphatic carbocycles. The van der Waals surface area contributed by atoms with Gasteiger partial charge >= 0.3 is 0 Å². The Balaban J connectivity index is 2.20. The second-order valence-electron chi connectivity index (χ2n) is 4.23. The van der Waals surface area contributed by atoms with E-state index in [1.807, 2.05) is 6.92 Å². The summed E-state index contributed by atoms with van der Waals surface area (Å²) in [5, 5.41) is 3.28. The van der Waals surface area contributed by atoms with E-state index in [1.54, 1.807) is 31.3 Å². The van der Waals surface area contributed by atoms with Gasteiger partial charge < -0.3 is 0 Å². The number of benzene rings is 1. The molecule has 0 saturated heterocycles. The van der Waals surface area contributed by atoms with E-state index in [9.17, 15) is 9.59 Å². The highest BCUT2D eigenvalue weighted by molar-refractivity contribution is 7.15. The average Bonchev–Trinajstić information content (AvgIpc) is 2.82. The van der Waals surface area contributed by atoms with Crippen LogP contribution >= 0.6 is 11.3 Å². The van der Waals surface area contributed by atoms with E-state index >= 15 is 0 Å². The lowest BCUT2D eigenvalue weighted by Crippen LogP contribution is -2.30. The Morgan fingerprint density at radius 1 is 1.25 bits per heavy atom. The lowest BCUT2D eigenvalue weighted by molar-refractivity contribution is 0.0951. The summed E-state index contributed by atoms with van der Waals surface area (Å²) >= 11 is 1.40. The maximum absolute atomic E-state index is 12.1. The van der Waals surface area contributed by atoms with Crippen LogP contribution in [0.25, 0.3) is 0 Å². The molecule has 0 atom stereocenters. The quantitative estimate of drug-likeness (QED) is 0.454.